The van der Waals surface area contributed by atoms with Crippen molar-refractivity contribution in [1.29, 1.82) is 0 Å². The first kappa shape index (κ1) is 16.4. The Kier molecular flexibility index (Phi) is 3.60. The van der Waals surface area contributed by atoms with Crippen molar-refractivity contribution in [2.45, 2.75) is 18.4 Å². The van der Waals surface area contributed by atoms with Crippen molar-refractivity contribution in [3.8, 4) is 0 Å². The highest BCUT2D eigenvalue weighted by molar-refractivity contribution is 7.89. The second-order valence-electron chi connectivity index (χ2n) is 5.93. The number of H-pyrrole nitrogens is 1. The van der Waals surface area contributed by atoms with Crippen LogP contribution in [0.1, 0.15) is 11.3 Å². The van der Waals surface area contributed by atoms with Crippen LogP contribution in [0.2, 0.25) is 0 Å². The molecule has 4 rings (SSSR count). The van der Waals surface area contributed by atoms with Gasteiger partial charge < -0.3 is 0 Å². The van der Waals surface area contributed by atoms with Crippen molar-refractivity contribution >= 4 is 32.2 Å². The third-order valence-corrected chi connectivity index (χ3v) is 5.00. The van der Waals surface area contributed by atoms with E-state index in [2.05, 4.69) is 20.2 Å². The maximum absolute atomic E-state index is 12.4. The highest BCUT2D eigenvalue weighted by atomic mass is 32.2. The number of aromatic nitrogens is 5. The van der Waals surface area contributed by atoms with Gasteiger partial charge >= 0.3 is 5.69 Å². The quantitative estimate of drug-likeness (QED) is 0.544. The van der Waals surface area contributed by atoms with Crippen LogP contribution >= 0.6 is 0 Å². The van der Waals surface area contributed by atoms with Gasteiger partial charge in [0.05, 0.1) is 11.4 Å². The molecule has 0 fully saturated rings. The van der Waals surface area contributed by atoms with E-state index in [9.17, 15) is 13.2 Å². The Hall–Kier alpha value is -3.11. The number of fused-ring (bicyclic) bond motifs is 3. The van der Waals surface area contributed by atoms with E-state index in [1.54, 1.807) is 12.1 Å². The van der Waals surface area contributed by atoms with Crippen LogP contribution in [0.15, 0.2) is 46.1 Å². The Morgan fingerprint density at radius 3 is 2.54 bits per heavy atom. The van der Waals surface area contributed by atoms with E-state index in [0.717, 1.165) is 11.3 Å². The van der Waals surface area contributed by atoms with E-state index < -0.39 is 10.0 Å². The summed E-state index contributed by atoms with van der Waals surface area (Å²) < 4.78 is 24.2. The predicted octanol–water partition coefficient (Wildman–Crippen LogP) is 0.672. The molecule has 132 valence electrons. The molecule has 26 heavy (non-hydrogen) atoms. The number of nitrogens with zero attached hydrogens (tertiary/aromatic N) is 4. The van der Waals surface area contributed by atoms with Crippen LogP contribution in [0.25, 0.3) is 22.2 Å². The molecular formula is C16H14N6O3S. The van der Waals surface area contributed by atoms with Crippen LogP contribution in [-0.2, 0) is 16.6 Å². The molecule has 0 aliphatic carbocycles. The second kappa shape index (κ2) is 5.71. The molecule has 0 unspecified atom stereocenters. The molecule has 0 atom stereocenters. The highest BCUT2D eigenvalue weighted by Crippen LogP contribution is 2.20. The van der Waals surface area contributed by atoms with Gasteiger partial charge in [0, 0.05) is 11.1 Å². The van der Waals surface area contributed by atoms with Crippen molar-refractivity contribution in [1.82, 2.24) is 24.7 Å². The summed E-state index contributed by atoms with van der Waals surface area (Å²) in [4.78, 5) is 19.4. The first-order chi connectivity index (χ1) is 12.3. The number of rotatable bonds is 3. The molecule has 4 aromatic rings. The zero-order valence-corrected chi connectivity index (χ0v) is 14.5. The number of imidazole rings is 1. The number of aryl methyl sites for hydroxylation is 1. The summed E-state index contributed by atoms with van der Waals surface area (Å²) in [7, 11) is -3.76. The molecule has 0 bridgehead atoms. The summed E-state index contributed by atoms with van der Waals surface area (Å²) >= 11 is 0. The molecule has 3 heterocycles. The van der Waals surface area contributed by atoms with Gasteiger partial charge in [-0.1, -0.05) is 12.1 Å². The molecule has 3 N–H and O–H groups in total. The lowest BCUT2D eigenvalue weighted by Gasteiger charge is -2.06. The Morgan fingerprint density at radius 1 is 1.12 bits per heavy atom. The molecule has 9 nitrogen and oxygen atoms in total. The smallest absolute Gasteiger partial charge is 0.289 e. The van der Waals surface area contributed by atoms with Gasteiger partial charge in [-0.25, -0.2) is 23.3 Å². The third kappa shape index (κ3) is 2.74. The minimum atomic E-state index is -3.76. The van der Waals surface area contributed by atoms with Crippen molar-refractivity contribution in [2.75, 3.05) is 0 Å². The molecule has 0 aliphatic rings. The van der Waals surface area contributed by atoms with Crippen molar-refractivity contribution in [3.63, 3.8) is 0 Å². The number of aromatic amines is 1. The van der Waals surface area contributed by atoms with Crippen LogP contribution in [0.3, 0.4) is 0 Å². The standard InChI is InChI=1S/C16H14N6O3S/c1-9-2-7-12-13-15(21-20-14(12)18-9)19-16(23)22(13)8-10-3-5-11(6-4-10)26(17,24)25/h2-7H,8H2,1H3,(H2,17,24,25)(H,19,21,23). The molecule has 0 amide bonds. The number of sulfonamides is 1. The SMILES string of the molecule is Cc1ccc2c(nnc3[nH]c(=O)n(Cc4ccc(S(N)(=O)=O)cc4)c32)n1. The number of benzene rings is 1. The number of nitrogens with one attached hydrogen (secondary N) is 1. The molecule has 3 aromatic heterocycles. The van der Waals surface area contributed by atoms with Gasteiger partial charge in [-0.05, 0) is 36.8 Å². The molecule has 0 aliphatic heterocycles. The fourth-order valence-electron chi connectivity index (χ4n) is 2.82. The molecule has 0 saturated heterocycles. The molecule has 1 aromatic carbocycles. The van der Waals surface area contributed by atoms with E-state index in [1.807, 2.05) is 19.1 Å². The van der Waals surface area contributed by atoms with Crippen molar-refractivity contribution < 1.29 is 8.42 Å². The third-order valence-electron chi connectivity index (χ3n) is 4.07. The van der Waals surface area contributed by atoms with Crippen LogP contribution in [0, 0.1) is 6.92 Å². The minimum absolute atomic E-state index is 0.0171. The predicted molar refractivity (Wildman–Crippen MR) is 95.1 cm³/mol. The molecule has 0 radical (unpaired) electrons. The lowest BCUT2D eigenvalue weighted by atomic mass is 10.2. The Morgan fingerprint density at radius 2 is 1.85 bits per heavy atom. The number of primary sulfonamides is 1. The topological polar surface area (TPSA) is 137 Å². The average molecular weight is 370 g/mol. The van der Waals surface area contributed by atoms with E-state index in [4.69, 9.17) is 5.14 Å². The van der Waals surface area contributed by atoms with Gasteiger partial charge in [-0.3, -0.25) is 9.55 Å². The lowest BCUT2D eigenvalue weighted by Crippen LogP contribution is -2.17. The van der Waals surface area contributed by atoms with E-state index >= 15 is 0 Å². The van der Waals surface area contributed by atoms with Crippen molar-refractivity contribution in [3.05, 3.63) is 58.1 Å². The number of pyridine rings is 1. The maximum atomic E-state index is 12.4. The van der Waals surface area contributed by atoms with Crippen molar-refractivity contribution in [2.24, 2.45) is 5.14 Å². The Balaban J connectivity index is 1.86. The summed E-state index contributed by atoms with van der Waals surface area (Å²) in [6, 6.07) is 9.74. The maximum Gasteiger partial charge on any atom is 0.328 e. The van der Waals surface area contributed by atoms with Gasteiger partial charge in [0.25, 0.3) is 0 Å². The summed E-state index contributed by atoms with van der Waals surface area (Å²) in [5.74, 6) is 0. The van der Waals surface area contributed by atoms with E-state index in [0.29, 0.717) is 22.2 Å². The van der Waals surface area contributed by atoms with Gasteiger partial charge in [-0.2, -0.15) is 0 Å². The molecule has 0 saturated carbocycles. The normalized spacial score (nSPS) is 12.1. The molecular weight excluding hydrogens is 356 g/mol. The number of hydrogen-bond donors (Lipinski definition) is 2. The summed E-state index contributed by atoms with van der Waals surface area (Å²) in [5.41, 5.74) is 2.63. The van der Waals surface area contributed by atoms with Gasteiger partial charge in [0.15, 0.2) is 11.3 Å². The fraction of sp³-hybridized carbons (Fsp3) is 0.125. The highest BCUT2D eigenvalue weighted by Gasteiger charge is 2.14. The van der Waals surface area contributed by atoms with Crippen LogP contribution in [-0.4, -0.2) is 33.2 Å². The Bertz CT molecular complexity index is 1310. The average Bonchev–Trinajstić information content (AvgIpc) is 2.90. The molecule has 10 heteroatoms. The van der Waals surface area contributed by atoms with Crippen LogP contribution in [0.4, 0.5) is 0 Å². The summed E-state index contributed by atoms with van der Waals surface area (Å²) in [5, 5.41) is 13.9. The van der Waals surface area contributed by atoms with Gasteiger partial charge in [0.2, 0.25) is 10.0 Å². The lowest BCUT2D eigenvalue weighted by molar-refractivity contribution is 0.597. The van der Waals surface area contributed by atoms with Crippen LogP contribution in [0.5, 0.6) is 0 Å². The monoisotopic (exact) mass is 370 g/mol. The van der Waals surface area contributed by atoms with Gasteiger partial charge in [0.1, 0.15) is 5.52 Å². The second-order valence-corrected chi connectivity index (χ2v) is 7.49. The molecule has 0 spiro atoms. The largest absolute Gasteiger partial charge is 0.328 e. The number of hydrogen-bond acceptors (Lipinski definition) is 6. The van der Waals surface area contributed by atoms with E-state index in [-0.39, 0.29) is 17.1 Å². The fourth-order valence-corrected chi connectivity index (χ4v) is 3.34. The zero-order chi connectivity index (χ0) is 18.5. The van der Waals surface area contributed by atoms with Crippen LogP contribution < -0.4 is 10.8 Å². The summed E-state index contributed by atoms with van der Waals surface area (Å²) in [6.45, 7) is 2.08. The first-order valence-electron chi connectivity index (χ1n) is 7.67. The van der Waals surface area contributed by atoms with Gasteiger partial charge in [-0.15, -0.1) is 10.2 Å². The minimum Gasteiger partial charge on any atom is -0.289 e. The number of nitrogens with two attached hydrogens (primary N) is 1. The zero-order valence-electron chi connectivity index (χ0n) is 13.7. The Labute approximate surface area is 147 Å². The summed E-state index contributed by atoms with van der Waals surface area (Å²) in [6.07, 6.45) is 0. The first-order valence-corrected chi connectivity index (χ1v) is 9.22. The van der Waals surface area contributed by atoms with E-state index in [1.165, 1.54) is 16.7 Å².